The van der Waals surface area contributed by atoms with Crippen LogP contribution in [0.1, 0.15) is 5.56 Å². The molecule has 0 aromatic heterocycles. The third-order valence-corrected chi connectivity index (χ3v) is 1.57. The first-order chi connectivity index (χ1) is 6.63. The van der Waals surface area contributed by atoms with Gasteiger partial charge in [0.1, 0.15) is 11.6 Å². The number of benzene rings is 1. The molecule has 14 heavy (non-hydrogen) atoms. The van der Waals surface area contributed by atoms with E-state index in [9.17, 15) is 14.5 Å². The van der Waals surface area contributed by atoms with E-state index in [4.69, 9.17) is 4.74 Å². The number of nitrogens with zero attached hydrogens (tertiary/aromatic N) is 1. The van der Waals surface area contributed by atoms with Crippen molar-refractivity contribution in [2.45, 2.75) is 0 Å². The largest absolute Gasteiger partial charge is 0.496 e. The maximum Gasteiger partial charge on any atom is 0.235 e. The first kappa shape index (κ1) is 10.2. The van der Waals surface area contributed by atoms with Crippen LogP contribution in [-0.2, 0) is 0 Å². The van der Waals surface area contributed by atoms with Gasteiger partial charge in [-0.3, -0.25) is 10.1 Å². The summed E-state index contributed by atoms with van der Waals surface area (Å²) >= 11 is 0. The van der Waals surface area contributed by atoms with E-state index in [0.717, 1.165) is 6.20 Å². The average molecular weight is 197 g/mol. The minimum absolute atomic E-state index is 0.267. The second-order valence-electron chi connectivity index (χ2n) is 2.49. The normalized spacial score (nSPS) is 10.4. The van der Waals surface area contributed by atoms with Crippen molar-refractivity contribution in [3.05, 3.63) is 45.9 Å². The zero-order valence-electron chi connectivity index (χ0n) is 7.44. The quantitative estimate of drug-likeness (QED) is 0.550. The third-order valence-electron chi connectivity index (χ3n) is 1.57. The van der Waals surface area contributed by atoms with Gasteiger partial charge in [0, 0.05) is 17.7 Å². The standard InChI is InChI=1S/C9H8FNO3/c1-14-9-6-8(10)3-2-7(9)4-5-11(12)13/h2-6H,1H3/b5-4+. The van der Waals surface area contributed by atoms with Crippen LogP contribution in [0, 0.1) is 15.9 Å². The van der Waals surface area contributed by atoms with Crippen molar-refractivity contribution in [2.75, 3.05) is 7.11 Å². The smallest absolute Gasteiger partial charge is 0.235 e. The topological polar surface area (TPSA) is 52.4 Å². The van der Waals surface area contributed by atoms with Crippen LogP contribution in [0.15, 0.2) is 24.4 Å². The maximum absolute atomic E-state index is 12.7. The summed E-state index contributed by atoms with van der Waals surface area (Å²) in [6, 6.07) is 3.79. The van der Waals surface area contributed by atoms with Gasteiger partial charge < -0.3 is 4.74 Å². The van der Waals surface area contributed by atoms with Crippen molar-refractivity contribution in [3.63, 3.8) is 0 Å². The summed E-state index contributed by atoms with van der Waals surface area (Å²) in [7, 11) is 1.37. The molecule has 1 rings (SSSR count). The highest BCUT2D eigenvalue weighted by atomic mass is 19.1. The van der Waals surface area contributed by atoms with Crippen LogP contribution < -0.4 is 4.74 Å². The second kappa shape index (κ2) is 4.36. The number of hydrogen-bond donors (Lipinski definition) is 0. The van der Waals surface area contributed by atoms with Crippen LogP contribution in [0.25, 0.3) is 6.08 Å². The lowest BCUT2D eigenvalue weighted by Crippen LogP contribution is -1.89. The highest BCUT2D eigenvalue weighted by molar-refractivity contribution is 5.56. The Morgan fingerprint density at radius 1 is 1.57 bits per heavy atom. The number of halogens is 1. The van der Waals surface area contributed by atoms with Gasteiger partial charge in [0.2, 0.25) is 6.20 Å². The molecular formula is C9H8FNO3. The van der Waals surface area contributed by atoms with Gasteiger partial charge in [-0.2, -0.15) is 0 Å². The van der Waals surface area contributed by atoms with Gasteiger partial charge in [-0.15, -0.1) is 0 Å². The first-order valence-corrected chi connectivity index (χ1v) is 3.78. The van der Waals surface area contributed by atoms with Crippen LogP contribution in [0.2, 0.25) is 0 Å². The molecule has 0 heterocycles. The fourth-order valence-corrected chi connectivity index (χ4v) is 0.964. The summed E-state index contributed by atoms with van der Waals surface area (Å²) in [5, 5.41) is 10.0. The Balaban J connectivity index is 3.02. The molecule has 0 radical (unpaired) electrons. The molecule has 0 amide bonds. The van der Waals surface area contributed by atoms with Crippen molar-refractivity contribution in [2.24, 2.45) is 0 Å². The molecule has 0 N–H and O–H groups in total. The fourth-order valence-electron chi connectivity index (χ4n) is 0.964. The number of hydrogen-bond acceptors (Lipinski definition) is 3. The van der Waals surface area contributed by atoms with Gasteiger partial charge >= 0.3 is 0 Å². The Morgan fingerprint density at radius 2 is 2.29 bits per heavy atom. The Labute approximate surface area is 79.8 Å². The summed E-state index contributed by atoms with van der Waals surface area (Å²) < 4.78 is 17.5. The van der Waals surface area contributed by atoms with Gasteiger partial charge in [0.05, 0.1) is 12.0 Å². The van der Waals surface area contributed by atoms with Crippen LogP contribution in [0.3, 0.4) is 0 Å². The Kier molecular flexibility index (Phi) is 3.17. The molecule has 0 aliphatic carbocycles. The van der Waals surface area contributed by atoms with E-state index in [-0.39, 0.29) is 5.75 Å². The molecule has 0 saturated heterocycles. The van der Waals surface area contributed by atoms with E-state index in [0.29, 0.717) is 5.56 Å². The fraction of sp³-hybridized carbons (Fsp3) is 0.111. The SMILES string of the molecule is COc1cc(F)ccc1/C=C/[N+](=O)[O-]. The van der Waals surface area contributed by atoms with Crippen molar-refractivity contribution >= 4 is 6.08 Å². The van der Waals surface area contributed by atoms with Gasteiger partial charge in [-0.05, 0) is 12.1 Å². The minimum atomic E-state index is -0.594. The lowest BCUT2D eigenvalue weighted by molar-refractivity contribution is -0.400. The maximum atomic E-state index is 12.7. The Hall–Kier alpha value is -1.91. The van der Waals surface area contributed by atoms with Crippen LogP contribution in [0.5, 0.6) is 5.75 Å². The molecule has 0 unspecified atom stereocenters. The zero-order valence-corrected chi connectivity index (χ0v) is 7.44. The van der Waals surface area contributed by atoms with E-state index >= 15 is 0 Å². The summed E-state index contributed by atoms with van der Waals surface area (Å²) in [4.78, 5) is 9.45. The predicted molar refractivity (Wildman–Crippen MR) is 49.0 cm³/mol. The Morgan fingerprint density at radius 3 is 2.86 bits per heavy atom. The van der Waals surface area contributed by atoms with E-state index in [1.165, 1.54) is 31.4 Å². The Bertz CT molecular complexity index is 376. The average Bonchev–Trinajstić information content (AvgIpc) is 2.15. The molecule has 0 saturated carbocycles. The van der Waals surface area contributed by atoms with E-state index < -0.39 is 10.7 Å². The lowest BCUT2D eigenvalue weighted by Gasteiger charge is -2.02. The molecule has 74 valence electrons. The number of ether oxygens (including phenoxy) is 1. The molecule has 0 bridgehead atoms. The highest BCUT2D eigenvalue weighted by Gasteiger charge is 2.02. The lowest BCUT2D eigenvalue weighted by atomic mass is 10.2. The van der Waals surface area contributed by atoms with E-state index in [1.807, 2.05) is 0 Å². The van der Waals surface area contributed by atoms with E-state index in [1.54, 1.807) is 0 Å². The van der Waals surface area contributed by atoms with Gasteiger partial charge in [-0.1, -0.05) is 0 Å². The van der Waals surface area contributed by atoms with Gasteiger partial charge in [0.15, 0.2) is 0 Å². The van der Waals surface area contributed by atoms with Crippen LogP contribution in [0.4, 0.5) is 4.39 Å². The molecule has 0 atom stereocenters. The molecular weight excluding hydrogens is 189 g/mol. The van der Waals surface area contributed by atoms with Crippen LogP contribution in [-0.4, -0.2) is 12.0 Å². The highest BCUT2D eigenvalue weighted by Crippen LogP contribution is 2.20. The molecule has 1 aromatic rings. The van der Waals surface area contributed by atoms with Crippen molar-refractivity contribution in [1.82, 2.24) is 0 Å². The van der Waals surface area contributed by atoms with Gasteiger partial charge in [0.25, 0.3) is 0 Å². The molecule has 1 aromatic carbocycles. The van der Waals surface area contributed by atoms with Gasteiger partial charge in [-0.25, -0.2) is 4.39 Å². The summed E-state index contributed by atoms with van der Waals surface area (Å²) in [6.07, 6.45) is 2.02. The molecule has 5 heteroatoms. The zero-order chi connectivity index (χ0) is 10.6. The van der Waals surface area contributed by atoms with Crippen molar-refractivity contribution in [3.8, 4) is 5.75 Å². The minimum Gasteiger partial charge on any atom is -0.496 e. The monoisotopic (exact) mass is 197 g/mol. The molecule has 4 nitrogen and oxygen atoms in total. The van der Waals surface area contributed by atoms with Crippen molar-refractivity contribution < 1.29 is 14.1 Å². The molecule has 0 fully saturated rings. The second-order valence-corrected chi connectivity index (χ2v) is 2.49. The van der Waals surface area contributed by atoms with Crippen molar-refractivity contribution in [1.29, 1.82) is 0 Å². The number of nitro groups is 1. The molecule has 0 aliphatic heterocycles. The number of methoxy groups -OCH3 is 1. The summed E-state index contributed by atoms with van der Waals surface area (Å²) in [5.74, 6) is -0.178. The van der Waals surface area contributed by atoms with E-state index in [2.05, 4.69) is 0 Å². The van der Waals surface area contributed by atoms with Crippen LogP contribution >= 0.6 is 0 Å². The summed E-state index contributed by atoms with van der Waals surface area (Å²) in [5.41, 5.74) is 0.464. The summed E-state index contributed by atoms with van der Waals surface area (Å²) in [6.45, 7) is 0. The molecule has 0 spiro atoms. The number of rotatable bonds is 3. The first-order valence-electron chi connectivity index (χ1n) is 3.78. The molecule has 0 aliphatic rings. The predicted octanol–water partition coefficient (Wildman–Crippen LogP) is 2.08. The third kappa shape index (κ3) is 2.55.